The van der Waals surface area contributed by atoms with Crippen LogP contribution in [0, 0.1) is 0 Å². The Morgan fingerprint density at radius 2 is 2.00 bits per heavy atom. The molecule has 54 valence electrons. The first kappa shape index (κ1) is 8.48. The van der Waals surface area contributed by atoms with Gasteiger partial charge in [0.25, 0.3) is 0 Å². The Hall–Kier alpha value is -0.523. The van der Waals surface area contributed by atoms with E-state index in [1.54, 1.807) is 0 Å². The first-order valence-corrected chi connectivity index (χ1v) is 3.96. The summed E-state index contributed by atoms with van der Waals surface area (Å²) in [6, 6.07) is 0. The van der Waals surface area contributed by atoms with Gasteiger partial charge in [-0.15, -0.1) is 0 Å². The molecule has 0 heterocycles. The van der Waals surface area contributed by atoms with Gasteiger partial charge in [-0.2, -0.15) is 0 Å². The molecule has 0 saturated carbocycles. The predicted molar refractivity (Wildman–Crippen MR) is 25.7 cm³/mol. The Balaban J connectivity index is 3.39. The van der Waals surface area contributed by atoms with Crippen molar-refractivity contribution in [2.24, 2.45) is 0 Å². The molecule has 0 N–H and O–H groups in total. The fourth-order valence-electron chi connectivity index (χ4n) is 0.183. The van der Waals surface area contributed by atoms with Gasteiger partial charge in [-0.3, -0.25) is 4.79 Å². The summed E-state index contributed by atoms with van der Waals surface area (Å²) in [6.45, 7) is 0.945. The van der Waals surface area contributed by atoms with Gasteiger partial charge in [-0.1, -0.05) is 0 Å². The molecule has 0 amide bonds. The van der Waals surface area contributed by atoms with E-state index in [4.69, 9.17) is 0 Å². The van der Waals surface area contributed by atoms with Gasteiger partial charge in [0.2, 0.25) is 0 Å². The van der Waals surface area contributed by atoms with Crippen LogP contribution in [-0.4, -0.2) is 21.3 Å². The molecule has 6 heteroatoms. The molecule has 0 aromatic carbocycles. The lowest BCUT2D eigenvalue weighted by Gasteiger charge is -2.00. The molecule has 0 unspecified atom stereocenters. The van der Waals surface area contributed by atoms with Crippen molar-refractivity contribution in [1.82, 2.24) is 0 Å². The van der Waals surface area contributed by atoms with E-state index in [0.29, 0.717) is 0 Å². The second-order valence-corrected chi connectivity index (χ2v) is 2.91. The number of carbonyl (C=O) groups is 1. The topological polar surface area (TPSA) is 26.3 Å². The lowest BCUT2D eigenvalue weighted by atomic mass is 10.8. The summed E-state index contributed by atoms with van der Waals surface area (Å²) in [5, 5.41) is 0. The van der Waals surface area contributed by atoms with Crippen molar-refractivity contribution < 1.29 is 21.9 Å². The van der Waals surface area contributed by atoms with Gasteiger partial charge < -0.3 is 4.74 Å². The highest BCUT2D eigenvalue weighted by Crippen LogP contribution is 2.07. The second-order valence-electron chi connectivity index (χ2n) is 1.40. The number of hydrogen-bond acceptors (Lipinski definition) is 2. The van der Waals surface area contributed by atoms with Gasteiger partial charge in [-0.25, -0.2) is 12.3 Å². The van der Waals surface area contributed by atoms with E-state index in [2.05, 4.69) is 4.74 Å². The summed E-state index contributed by atoms with van der Waals surface area (Å²) in [5.41, 5.74) is 0. The van der Waals surface area contributed by atoms with Gasteiger partial charge in [0.1, 0.15) is 0 Å². The third kappa shape index (κ3) is 7.48. The monoisotopic (exact) mass is 158 g/mol. The van der Waals surface area contributed by atoms with Crippen molar-refractivity contribution in [2.45, 2.75) is 6.92 Å². The molecule has 0 aliphatic rings. The lowest BCUT2D eigenvalue weighted by molar-refractivity contribution is -0.139. The Bertz CT molecular complexity index is 110. The van der Waals surface area contributed by atoms with Gasteiger partial charge in [-0.05, 0) is 0 Å². The molecule has 0 rings (SSSR count). The van der Waals surface area contributed by atoms with E-state index in [-0.39, 0.29) is 0 Å². The standard InChI is InChI=1S/C3H5F3O2Si/c1-3(7)8-2-9(4,5)6/h2H2,1H3. The Morgan fingerprint density at radius 1 is 1.56 bits per heavy atom. The van der Waals surface area contributed by atoms with Crippen LogP contribution in [0.2, 0.25) is 0 Å². The van der Waals surface area contributed by atoms with Crippen LogP contribution in [0.1, 0.15) is 6.92 Å². The van der Waals surface area contributed by atoms with Gasteiger partial charge in [0.05, 0.1) is 0 Å². The lowest BCUT2D eigenvalue weighted by Crippen LogP contribution is -2.25. The molecule has 0 bridgehead atoms. The van der Waals surface area contributed by atoms with Gasteiger partial charge in [0.15, 0.2) is 6.23 Å². The summed E-state index contributed by atoms with van der Waals surface area (Å²) in [6.07, 6.45) is -1.36. The third-order valence-corrected chi connectivity index (χ3v) is 0.911. The number of carbonyl (C=O) groups excluding carboxylic acids is 1. The predicted octanol–water partition coefficient (Wildman–Crippen LogP) is 0.936. The average molecular weight is 158 g/mol. The van der Waals surface area contributed by atoms with Crippen LogP contribution in [-0.2, 0) is 9.53 Å². The second kappa shape index (κ2) is 2.86. The average Bonchev–Trinajstić information content (AvgIpc) is 1.59. The quantitative estimate of drug-likeness (QED) is 0.339. The molecule has 0 atom stereocenters. The molecule has 0 radical (unpaired) electrons. The van der Waals surface area contributed by atoms with Crippen molar-refractivity contribution in [1.29, 1.82) is 0 Å². The minimum absolute atomic E-state index is 0.889. The molecule has 0 aliphatic carbocycles. The number of halogens is 3. The molecule has 0 fully saturated rings. The van der Waals surface area contributed by atoms with E-state index < -0.39 is 21.3 Å². The first-order chi connectivity index (χ1) is 3.92. The number of rotatable bonds is 2. The zero-order chi connectivity index (χ0) is 7.49. The Morgan fingerprint density at radius 3 is 2.11 bits per heavy atom. The number of esters is 1. The van der Waals surface area contributed by atoms with Crippen LogP contribution >= 0.6 is 0 Å². The maximum atomic E-state index is 11.3. The maximum absolute atomic E-state index is 11.3. The number of ether oxygens (including phenoxy) is 1. The molecular formula is C3H5F3O2Si. The summed E-state index contributed by atoms with van der Waals surface area (Å²) in [4.78, 5) is 9.79. The van der Waals surface area contributed by atoms with Crippen LogP contribution in [0.4, 0.5) is 12.3 Å². The molecule has 0 saturated heterocycles. The molecule has 0 aromatic heterocycles. The minimum Gasteiger partial charge on any atom is -0.460 e. The SMILES string of the molecule is CC(=O)OC[Si](F)(F)F. The fraction of sp³-hybridized carbons (Fsp3) is 0.667. The van der Waals surface area contributed by atoms with E-state index in [9.17, 15) is 17.1 Å². The molecule has 0 spiro atoms. The summed E-state index contributed by atoms with van der Waals surface area (Å²) >= 11 is 0. The zero-order valence-corrected chi connectivity index (χ0v) is 5.66. The maximum Gasteiger partial charge on any atom is 0.656 e. The molecule has 0 aliphatic heterocycles. The third-order valence-electron chi connectivity index (χ3n) is 0.439. The van der Waals surface area contributed by atoms with Crippen LogP contribution in [0.5, 0.6) is 0 Å². The van der Waals surface area contributed by atoms with Crippen molar-refractivity contribution in [3.8, 4) is 0 Å². The van der Waals surface area contributed by atoms with Crippen LogP contribution in [0.25, 0.3) is 0 Å². The van der Waals surface area contributed by atoms with Crippen molar-refractivity contribution in [2.75, 3.05) is 6.23 Å². The zero-order valence-electron chi connectivity index (χ0n) is 4.66. The highest BCUT2D eigenvalue weighted by molar-refractivity contribution is 6.58. The van der Waals surface area contributed by atoms with E-state index in [1.807, 2.05) is 0 Å². The van der Waals surface area contributed by atoms with Gasteiger partial charge in [0, 0.05) is 6.92 Å². The van der Waals surface area contributed by atoms with Crippen molar-refractivity contribution in [3.05, 3.63) is 0 Å². The van der Waals surface area contributed by atoms with Crippen LogP contribution in [0.3, 0.4) is 0 Å². The van der Waals surface area contributed by atoms with E-state index in [1.165, 1.54) is 0 Å². The Labute approximate surface area is 51.1 Å². The smallest absolute Gasteiger partial charge is 0.460 e. The summed E-state index contributed by atoms with van der Waals surface area (Å²) in [7, 11) is -5.66. The normalized spacial score (nSPS) is 11.1. The highest BCUT2D eigenvalue weighted by atomic mass is 28.5. The Kier molecular flexibility index (Phi) is 2.69. The fourth-order valence-corrected chi connectivity index (χ4v) is 0.550. The molecular weight excluding hydrogens is 153 g/mol. The van der Waals surface area contributed by atoms with E-state index >= 15 is 0 Å². The highest BCUT2D eigenvalue weighted by Gasteiger charge is 2.38. The van der Waals surface area contributed by atoms with Crippen molar-refractivity contribution >= 4 is 15.0 Å². The van der Waals surface area contributed by atoms with Crippen LogP contribution < -0.4 is 0 Å². The summed E-state index contributed by atoms with van der Waals surface area (Å²) < 4.78 is 37.5. The largest absolute Gasteiger partial charge is 0.656 e. The number of hydrogen-bond donors (Lipinski definition) is 0. The molecule has 9 heavy (non-hydrogen) atoms. The van der Waals surface area contributed by atoms with Gasteiger partial charge >= 0.3 is 15.0 Å². The first-order valence-electron chi connectivity index (χ1n) is 2.12. The molecule has 0 aromatic rings. The summed E-state index contributed by atoms with van der Waals surface area (Å²) in [5.74, 6) is -0.889. The molecule has 2 nitrogen and oxygen atoms in total. The minimum atomic E-state index is -5.66. The van der Waals surface area contributed by atoms with Crippen molar-refractivity contribution in [3.63, 3.8) is 0 Å². The van der Waals surface area contributed by atoms with Crippen LogP contribution in [0.15, 0.2) is 0 Å². The van der Waals surface area contributed by atoms with E-state index in [0.717, 1.165) is 6.92 Å².